The first kappa shape index (κ1) is 27.7. The van der Waals surface area contributed by atoms with Crippen LogP contribution in [0.3, 0.4) is 0 Å². The zero-order chi connectivity index (χ0) is 28.1. The molecular formula is C31H33N3O5S. The van der Waals surface area contributed by atoms with Crippen LogP contribution >= 0.6 is 11.8 Å². The number of hydrogen-bond donors (Lipinski definition) is 2. The number of carbonyl (C=O) groups is 3. The quantitative estimate of drug-likeness (QED) is 0.408. The Morgan fingerprint density at radius 1 is 1.00 bits per heavy atom. The van der Waals surface area contributed by atoms with Crippen LogP contribution in [0.2, 0.25) is 0 Å². The molecule has 1 heterocycles. The van der Waals surface area contributed by atoms with Gasteiger partial charge in [-0.3, -0.25) is 9.69 Å². The van der Waals surface area contributed by atoms with Crippen molar-refractivity contribution in [2.24, 2.45) is 0 Å². The number of carboxylic acid groups (broad SMARTS) is 1. The Kier molecular flexibility index (Phi) is 8.72. The third-order valence-electron chi connectivity index (χ3n) is 7.42. The van der Waals surface area contributed by atoms with Crippen molar-refractivity contribution in [1.29, 1.82) is 0 Å². The summed E-state index contributed by atoms with van der Waals surface area (Å²) in [7, 11) is 1.87. The lowest BCUT2D eigenvalue weighted by Gasteiger charge is -2.36. The van der Waals surface area contributed by atoms with Crippen LogP contribution in [0.5, 0.6) is 0 Å². The zero-order valence-electron chi connectivity index (χ0n) is 22.4. The summed E-state index contributed by atoms with van der Waals surface area (Å²) < 4.78 is 5.72. The fourth-order valence-electron chi connectivity index (χ4n) is 5.51. The van der Waals surface area contributed by atoms with Gasteiger partial charge in [-0.05, 0) is 34.9 Å². The van der Waals surface area contributed by atoms with Crippen molar-refractivity contribution in [3.05, 3.63) is 95.6 Å². The lowest BCUT2D eigenvalue weighted by atomic mass is 9.98. The number of likely N-dealkylation sites (N-methyl/N-ethyl adjacent to an activating group) is 1. The van der Waals surface area contributed by atoms with Gasteiger partial charge in [-0.1, -0.05) is 78.9 Å². The average molecular weight is 560 g/mol. The Bertz CT molecular complexity index is 1320. The number of carboxylic acids is 1. The minimum absolute atomic E-state index is 0.108. The second-order valence-electron chi connectivity index (χ2n) is 10.2. The molecule has 0 spiro atoms. The van der Waals surface area contributed by atoms with E-state index < -0.39 is 30.1 Å². The number of amides is 2. The molecule has 1 fully saturated rings. The van der Waals surface area contributed by atoms with Gasteiger partial charge in [0.05, 0.1) is 0 Å². The Labute approximate surface area is 238 Å². The van der Waals surface area contributed by atoms with E-state index in [9.17, 15) is 19.5 Å². The van der Waals surface area contributed by atoms with E-state index in [2.05, 4.69) is 17.4 Å². The van der Waals surface area contributed by atoms with Gasteiger partial charge in [0, 0.05) is 37.1 Å². The number of thioether (sulfide) groups is 1. The molecule has 2 atom stereocenters. The second-order valence-corrected chi connectivity index (χ2v) is 11.3. The molecule has 0 bridgehead atoms. The topological polar surface area (TPSA) is 99.2 Å². The normalized spacial score (nSPS) is 17.1. The number of ether oxygens (including phenoxy) is 1. The first-order valence-electron chi connectivity index (χ1n) is 13.4. The Balaban J connectivity index is 1.30. The molecule has 3 aromatic rings. The van der Waals surface area contributed by atoms with Crippen LogP contribution in [0.15, 0.2) is 78.9 Å². The van der Waals surface area contributed by atoms with E-state index in [0.717, 1.165) is 27.8 Å². The molecule has 5 rings (SSSR count). The van der Waals surface area contributed by atoms with E-state index in [1.807, 2.05) is 78.7 Å². The van der Waals surface area contributed by atoms with Crippen molar-refractivity contribution < 1.29 is 24.2 Å². The molecule has 2 N–H and O–H groups in total. The average Bonchev–Trinajstić information content (AvgIpc) is 3.29. The Hall–Kier alpha value is -3.82. The molecule has 1 saturated heterocycles. The summed E-state index contributed by atoms with van der Waals surface area (Å²) in [5, 5.41) is 12.5. The molecule has 208 valence electrons. The third-order valence-corrected chi connectivity index (χ3v) is 8.44. The molecule has 2 aliphatic rings. The van der Waals surface area contributed by atoms with E-state index in [1.165, 1.54) is 16.7 Å². The highest BCUT2D eigenvalue weighted by Gasteiger charge is 2.37. The standard InChI is InChI=1S/C31H33N3O5S/c1-33(17-21-9-3-2-4-10-21)18-27(29(35)34-15-16-40-20-28(34)30(36)37)32-31(38)39-19-26-24-13-7-5-11-22(24)23-12-6-8-14-25(23)26/h2-14,26-28H,15-20H2,1H3,(H,32,38)(H,36,37). The zero-order valence-corrected chi connectivity index (χ0v) is 23.2. The molecule has 2 amide bonds. The van der Waals surface area contributed by atoms with Crippen LogP contribution in [0.1, 0.15) is 22.6 Å². The molecule has 0 aromatic heterocycles. The summed E-state index contributed by atoms with van der Waals surface area (Å²) in [5.41, 5.74) is 5.52. The largest absolute Gasteiger partial charge is 0.480 e. The number of nitrogens with one attached hydrogen (secondary N) is 1. The van der Waals surface area contributed by atoms with Gasteiger partial charge in [-0.15, -0.1) is 0 Å². The van der Waals surface area contributed by atoms with Crippen molar-refractivity contribution >= 4 is 29.7 Å². The van der Waals surface area contributed by atoms with Gasteiger partial charge in [0.15, 0.2) is 0 Å². The Morgan fingerprint density at radius 2 is 1.62 bits per heavy atom. The second kappa shape index (κ2) is 12.6. The van der Waals surface area contributed by atoms with Gasteiger partial charge in [0.2, 0.25) is 5.91 Å². The van der Waals surface area contributed by atoms with Crippen LogP contribution < -0.4 is 5.32 Å². The summed E-state index contributed by atoms with van der Waals surface area (Å²) in [5.74, 6) is -0.603. The van der Waals surface area contributed by atoms with Crippen molar-refractivity contribution in [3.8, 4) is 11.1 Å². The highest BCUT2D eigenvalue weighted by molar-refractivity contribution is 7.99. The van der Waals surface area contributed by atoms with Crippen molar-refractivity contribution in [2.45, 2.75) is 24.5 Å². The highest BCUT2D eigenvalue weighted by atomic mass is 32.2. The molecule has 0 radical (unpaired) electrons. The number of rotatable bonds is 9. The number of carbonyl (C=O) groups excluding carboxylic acids is 2. The van der Waals surface area contributed by atoms with E-state index in [-0.39, 0.29) is 19.1 Å². The maximum atomic E-state index is 13.7. The van der Waals surface area contributed by atoms with Gasteiger partial charge in [-0.2, -0.15) is 11.8 Å². The molecule has 8 nitrogen and oxygen atoms in total. The van der Waals surface area contributed by atoms with Crippen molar-refractivity contribution in [2.75, 3.05) is 38.2 Å². The SMILES string of the molecule is CN(Cc1ccccc1)CC(NC(=O)OCC1c2ccccc2-c2ccccc21)C(=O)N1CCSCC1C(=O)O. The van der Waals surface area contributed by atoms with E-state index in [0.29, 0.717) is 24.6 Å². The number of benzene rings is 3. The number of aliphatic carboxylic acids is 1. The summed E-state index contributed by atoms with van der Waals surface area (Å²) in [6.45, 7) is 1.20. The summed E-state index contributed by atoms with van der Waals surface area (Å²) >= 11 is 1.51. The van der Waals surface area contributed by atoms with Crippen molar-refractivity contribution in [1.82, 2.24) is 15.1 Å². The van der Waals surface area contributed by atoms with E-state index in [1.54, 1.807) is 0 Å². The molecule has 40 heavy (non-hydrogen) atoms. The molecular weight excluding hydrogens is 526 g/mol. The smallest absolute Gasteiger partial charge is 0.407 e. The van der Waals surface area contributed by atoms with Crippen LogP contribution in [-0.2, 0) is 20.9 Å². The monoisotopic (exact) mass is 559 g/mol. The Morgan fingerprint density at radius 3 is 2.27 bits per heavy atom. The number of nitrogens with zero attached hydrogens (tertiary/aromatic N) is 2. The molecule has 3 aromatic carbocycles. The predicted octanol–water partition coefficient (Wildman–Crippen LogP) is 4.05. The molecule has 9 heteroatoms. The summed E-state index contributed by atoms with van der Waals surface area (Å²) in [6.07, 6.45) is -0.702. The first-order valence-corrected chi connectivity index (χ1v) is 14.5. The summed E-state index contributed by atoms with van der Waals surface area (Å²) in [4.78, 5) is 42.0. The van der Waals surface area contributed by atoms with Crippen LogP contribution in [0.25, 0.3) is 11.1 Å². The van der Waals surface area contributed by atoms with E-state index >= 15 is 0 Å². The summed E-state index contributed by atoms with van der Waals surface area (Å²) in [6, 6.07) is 24.1. The van der Waals surface area contributed by atoms with Crippen LogP contribution in [0, 0.1) is 0 Å². The van der Waals surface area contributed by atoms with Gasteiger partial charge >= 0.3 is 12.1 Å². The minimum Gasteiger partial charge on any atom is -0.480 e. The fourth-order valence-corrected chi connectivity index (χ4v) is 6.55. The molecule has 0 saturated carbocycles. The molecule has 1 aliphatic carbocycles. The maximum Gasteiger partial charge on any atom is 0.407 e. The highest BCUT2D eigenvalue weighted by Crippen LogP contribution is 2.44. The van der Waals surface area contributed by atoms with Crippen LogP contribution in [-0.4, -0.2) is 83.2 Å². The maximum absolute atomic E-state index is 13.7. The fraction of sp³-hybridized carbons (Fsp3) is 0.323. The number of fused-ring (bicyclic) bond motifs is 3. The lowest BCUT2D eigenvalue weighted by Crippen LogP contribution is -2.59. The van der Waals surface area contributed by atoms with Crippen molar-refractivity contribution in [3.63, 3.8) is 0 Å². The van der Waals surface area contributed by atoms with Crippen LogP contribution in [0.4, 0.5) is 4.79 Å². The van der Waals surface area contributed by atoms with Gasteiger partial charge in [0.1, 0.15) is 18.7 Å². The number of alkyl carbamates (subject to hydrolysis) is 1. The van der Waals surface area contributed by atoms with Gasteiger partial charge in [-0.25, -0.2) is 9.59 Å². The first-order chi connectivity index (χ1) is 19.4. The lowest BCUT2D eigenvalue weighted by molar-refractivity contribution is -0.150. The van der Waals surface area contributed by atoms with E-state index in [4.69, 9.17) is 4.74 Å². The third kappa shape index (κ3) is 6.16. The predicted molar refractivity (Wildman–Crippen MR) is 155 cm³/mol. The molecule has 2 unspecified atom stereocenters. The van der Waals surface area contributed by atoms with Gasteiger partial charge < -0.3 is 20.1 Å². The van der Waals surface area contributed by atoms with Gasteiger partial charge in [0.25, 0.3) is 0 Å². The molecule has 1 aliphatic heterocycles. The minimum atomic E-state index is -1.04. The number of hydrogen-bond acceptors (Lipinski definition) is 6.